The minimum atomic E-state index is -0.221. The number of hydrogen-bond donors (Lipinski definition) is 1. The molecule has 1 saturated heterocycles. The summed E-state index contributed by atoms with van der Waals surface area (Å²) in [5, 5.41) is 10.3. The molecule has 0 amide bonds. The van der Waals surface area contributed by atoms with E-state index < -0.39 is 0 Å². The highest BCUT2D eigenvalue weighted by Gasteiger charge is 2.30. The Bertz CT molecular complexity index is 789. The molecule has 6 heteroatoms. The summed E-state index contributed by atoms with van der Waals surface area (Å²) in [6.45, 7) is 7.71. The van der Waals surface area contributed by atoms with Crippen LogP contribution in [-0.2, 0) is 4.74 Å². The zero-order chi connectivity index (χ0) is 20.9. The molecule has 1 aromatic carbocycles. The predicted octanol–water partition coefficient (Wildman–Crippen LogP) is 4.22. The van der Waals surface area contributed by atoms with E-state index in [1.54, 1.807) is 11.3 Å². The summed E-state index contributed by atoms with van der Waals surface area (Å²) in [5.41, 5.74) is 0.995. The van der Waals surface area contributed by atoms with Gasteiger partial charge in [0.05, 0.1) is 12.7 Å². The Kier molecular flexibility index (Phi) is 7.55. The number of piperazine rings is 1. The number of aliphatic hydroxyl groups excluding tert-OH is 1. The lowest BCUT2D eigenvalue weighted by atomic mass is 9.91. The minimum absolute atomic E-state index is 0.150. The van der Waals surface area contributed by atoms with Gasteiger partial charge in [-0.3, -0.25) is 9.80 Å². The molecule has 1 aliphatic heterocycles. The Balaban J connectivity index is 1.29. The number of benzene rings is 1. The average molecular weight is 433 g/mol. The van der Waals surface area contributed by atoms with Crippen LogP contribution in [0.15, 0.2) is 36.4 Å². The number of aliphatic hydroxyl groups is 1. The van der Waals surface area contributed by atoms with Gasteiger partial charge in [-0.1, -0.05) is 25.0 Å². The number of nitrogens with zero attached hydrogens (tertiary/aromatic N) is 2. The van der Waals surface area contributed by atoms with Gasteiger partial charge < -0.3 is 9.84 Å². The fourth-order valence-corrected chi connectivity index (χ4v) is 5.67. The first-order chi connectivity index (χ1) is 14.6. The van der Waals surface area contributed by atoms with E-state index in [2.05, 4.69) is 28.9 Å². The molecule has 0 spiro atoms. The summed E-state index contributed by atoms with van der Waals surface area (Å²) in [4.78, 5) is 7.35. The first kappa shape index (κ1) is 21.9. The van der Waals surface area contributed by atoms with E-state index in [1.807, 2.05) is 12.1 Å². The van der Waals surface area contributed by atoms with Crippen molar-refractivity contribution in [1.29, 1.82) is 0 Å². The zero-order valence-corrected chi connectivity index (χ0v) is 18.6. The van der Waals surface area contributed by atoms with Gasteiger partial charge in [-0.15, -0.1) is 11.3 Å². The maximum Gasteiger partial charge on any atom is 0.123 e. The van der Waals surface area contributed by atoms with E-state index in [9.17, 15) is 9.50 Å². The molecule has 4 rings (SSSR count). The third-order valence-corrected chi connectivity index (χ3v) is 7.50. The Morgan fingerprint density at radius 2 is 1.80 bits per heavy atom. The summed E-state index contributed by atoms with van der Waals surface area (Å²) in [5.74, 6) is -0.221. The van der Waals surface area contributed by atoms with Gasteiger partial charge in [0, 0.05) is 48.5 Å². The van der Waals surface area contributed by atoms with Gasteiger partial charge in [-0.25, -0.2) is 4.39 Å². The Labute approximate surface area is 183 Å². The lowest BCUT2D eigenvalue weighted by Crippen LogP contribution is -2.54. The number of hydrogen-bond acceptors (Lipinski definition) is 5. The van der Waals surface area contributed by atoms with Crippen molar-refractivity contribution in [3.63, 3.8) is 0 Å². The maximum atomic E-state index is 13.4. The van der Waals surface area contributed by atoms with E-state index in [0.717, 1.165) is 62.4 Å². The van der Waals surface area contributed by atoms with Crippen molar-refractivity contribution in [1.82, 2.24) is 9.80 Å². The maximum absolute atomic E-state index is 13.4. The van der Waals surface area contributed by atoms with Gasteiger partial charge in [0.1, 0.15) is 11.9 Å². The minimum Gasteiger partial charge on any atom is -0.391 e. The van der Waals surface area contributed by atoms with Crippen molar-refractivity contribution in [2.45, 2.75) is 50.9 Å². The van der Waals surface area contributed by atoms with Crippen molar-refractivity contribution in [3.8, 4) is 0 Å². The second-order valence-corrected chi connectivity index (χ2v) is 9.87. The van der Waals surface area contributed by atoms with E-state index >= 15 is 0 Å². The van der Waals surface area contributed by atoms with Crippen LogP contribution >= 0.6 is 11.3 Å². The second-order valence-electron chi connectivity index (χ2n) is 8.55. The standard InChI is InChI=1S/C24H33FN2O2S/c1-18-6-11-23(30-18)24(19-7-9-20(25)10-8-19)29-17-16-26-12-14-27(15-13-26)21-4-2-3-5-22(21)28/h6-11,21-22,24,28H,2-5,12-17H2,1H3. The normalized spacial score (nSPS) is 24.8. The smallest absolute Gasteiger partial charge is 0.123 e. The van der Waals surface area contributed by atoms with Crippen LogP contribution in [0.1, 0.15) is 47.1 Å². The van der Waals surface area contributed by atoms with Crippen molar-refractivity contribution in [2.75, 3.05) is 39.3 Å². The van der Waals surface area contributed by atoms with Crippen LogP contribution in [0.25, 0.3) is 0 Å². The Hall–Kier alpha value is -1.31. The lowest BCUT2D eigenvalue weighted by Gasteiger charge is -2.42. The van der Waals surface area contributed by atoms with E-state index in [-0.39, 0.29) is 18.0 Å². The van der Waals surface area contributed by atoms with Gasteiger partial charge in [0.2, 0.25) is 0 Å². The summed E-state index contributed by atoms with van der Waals surface area (Å²) in [6.07, 6.45) is 4.18. The summed E-state index contributed by atoms with van der Waals surface area (Å²) < 4.78 is 19.7. The fourth-order valence-electron chi connectivity index (χ4n) is 4.71. The van der Waals surface area contributed by atoms with Gasteiger partial charge >= 0.3 is 0 Å². The predicted molar refractivity (Wildman–Crippen MR) is 120 cm³/mol. The van der Waals surface area contributed by atoms with Crippen LogP contribution < -0.4 is 0 Å². The van der Waals surface area contributed by atoms with Crippen LogP contribution in [0.3, 0.4) is 0 Å². The number of aryl methyl sites for hydroxylation is 1. The second kappa shape index (κ2) is 10.3. The molecule has 2 aromatic rings. The molecule has 0 radical (unpaired) electrons. The molecule has 3 atom stereocenters. The van der Waals surface area contributed by atoms with Crippen LogP contribution in [-0.4, -0.2) is 66.4 Å². The first-order valence-corrected chi connectivity index (χ1v) is 12.0. The van der Waals surface area contributed by atoms with Crippen LogP contribution in [0.4, 0.5) is 4.39 Å². The molecule has 3 unspecified atom stereocenters. The highest BCUT2D eigenvalue weighted by atomic mass is 32.1. The first-order valence-electron chi connectivity index (χ1n) is 11.2. The van der Waals surface area contributed by atoms with E-state index in [1.165, 1.54) is 23.4 Å². The third kappa shape index (κ3) is 5.48. The SMILES string of the molecule is Cc1ccc(C(OCCN2CCN(C3CCCCC3O)CC2)c2ccc(F)cc2)s1. The highest BCUT2D eigenvalue weighted by molar-refractivity contribution is 7.12. The molecule has 1 aliphatic carbocycles. The van der Waals surface area contributed by atoms with Crippen LogP contribution in [0.5, 0.6) is 0 Å². The van der Waals surface area contributed by atoms with Crippen LogP contribution in [0, 0.1) is 12.7 Å². The molecule has 0 bridgehead atoms. The largest absolute Gasteiger partial charge is 0.391 e. The molecule has 164 valence electrons. The lowest BCUT2D eigenvalue weighted by molar-refractivity contribution is -0.0108. The van der Waals surface area contributed by atoms with Crippen molar-refractivity contribution < 1.29 is 14.2 Å². The highest BCUT2D eigenvalue weighted by Crippen LogP contribution is 2.31. The summed E-state index contributed by atoms with van der Waals surface area (Å²) in [7, 11) is 0. The molecule has 2 aliphatic rings. The van der Waals surface area contributed by atoms with E-state index in [4.69, 9.17) is 4.74 Å². The third-order valence-electron chi connectivity index (χ3n) is 6.45. The van der Waals surface area contributed by atoms with Gasteiger partial charge in [0.15, 0.2) is 0 Å². The number of ether oxygens (including phenoxy) is 1. The quantitative estimate of drug-likeness (QED) is 0.711. The van der Waals surface area contributed by atoms with Crippen molar-refractivity contribution >= 4 is 11.3 Å². The Morgan fingerprint density at radius 3 is 2.47 bits per heavy atom. The molecule has 4 nitrogen and oxygen atoms in total. The number of rotatable bonds is 7. The number of thiophene rings is 1. The van der Waals surface area contributed by atoms with Gasteiger partial charge in [-0.05, 0) is 49.6 Å². The Morgan fingerprint density at radius 1 is 1.07 bits per heavy atom. The summed E-state index contributed by atoms with van der Waals surface area (Å²) >= 11 is 1.73. The molecule has 1 saturated carbocycles. The van der Waals surface area contributed by atoms with E-state index in [0.29, 0.717) is 12.6 Å². The van der Waals surface area contributed by atoms with Crippen molar-refractivity contribution in [3.05, 3.63) is 57.5 Å². The number of halogens is 1. The molecular formula is C24H33FN2O2S. The van der Waals surface area contributed by atoms with Crippen molar-refractivity contribution in [2.24, 2.45) is 0 Å². The molecule has 30 heavy (non-hydrogen) atoms. The van der Waals surface area contributed by atoms with Gasteiger partial charge in [-0.2, -0.15) is 0 Å². The van der Waals surface area contributed by atoms with Crippen LogP contribution in [0.2, 0.25) is 0 Å². The molecule has 2 fully saturated rings. The molecular weight excluding hydrogens is 399 g/mol. The monoisotopic (exact) mass is 432 g/mol. The molecule has 2 heterocycles. The average Bonchev–Trinajstić information content (AvgIpc) is 3.19. The topological polar surface area (TPSA) is 35.9 Å². The molecule has 1 aromatic heterocycles. The summed E-state index contributed by atoms with van der Waals surface area (Å²) in [6, 6.07) is 11.2. The van der Waals surface area contributed by atoms with Gasteiger partial charge in [0.25, 0.3) is 0 Å². The molecule has 1 N–H and O–H groups in total. The zero-order valence-electron chi connectivity index (χ0n) is 17.8. The fraction of sp³-hybridized carbons (Fsp3) is 0.583.